The molecule has 2 aliphatic carbocycles. The largest absolute Gasteiger partial charge is 0.422 e. The Morgan fingerprint density at radius 3 is 1.19 bits per heavy atom. The molecule has 0 radical (unpaired) electrons. The van der Waals surface area contributed by atoms with Crippen LogP contribution in [-0.4, -0.2) is 11.9 Å². The van der Waals surface area contributed by atoms with E-state index in [9.17, 15) is 9.59 Å². The number of carbonyl (C=O) groups is 2. The van der Waals surface area contributed by atoms with Gasteiger partial charge in [0.25, 0.3) is 0 Å². The molecule has 2 saturated carbocycles. The standard InChI is InChI=1S/C60H70O4/c1-3-5-7-9-11-17-43-23-27-45(28-24-43)47-31-35-51(36-32-47)59(61)63-55-41-39-49-19-13-15-21-53(49)57(55)58-54-22-16-14-20-50(54)40-42-56(58)64-60(62)52-37-33-48(34-38-52)46-29-25-44(26-30-46)18-12-10-8-6-4-2/h13-16,19-22,31-46H,3-12,17-18,23-30H2,1-2H3/t43-,44-,45-,46-. The summed E-state index contributed by atoms with van der Waals surface area (Å²) in [5, 5.41) is 3.80. The van der Waals surface area contributed by atoms with Gasteiger partial charge in [0.05, 0.1) is 11.1 Å². The number of benzene rings is 6. The van der Waals surface area contributed by atoms with E-state index in [1.54, 1.807) is 0 Å². The van der Waals surface area contributed by atoms with Crippen molar-refractivity contribution in [2.45, 2.75) is 154 Å². The third kappa shape index (κ3) is 11.3. The number of unbranched alkanes of at least 4 members (excludes halogenated alkanes) is 8. The molecular weight excluding hydrogens is 785 g/mol. The van der Waals surface area contributed by atoms with Crippen molar-refractivity contribution in [2.24, 2.45) is 11.8 Å². The molecule has 4 heteroatoms. The number of hydrogen-bond donors (Lipinski definition) is 0. The second-order valence-electron chi connectivity index (χ2n) is 19.2. The zero-order chi connectivity index (χ0) is 44.1. The van der Waals surface area contributed by atoms with Crippen LogP contribution in [0.3, 0.4) is 0 Å². The second-order valence-corrected chi connectivity index (χ2v) is 19.2. The minimum atomic E-state index is -0.412. The summed E-state index contributed by atoms with van der Waals surface area (Å²) in [7, 11) is 0. The first-order valence-corrected chi connectivity index (χ1v) is 25.2. The lowest BCUT2D eigenvalue weighted by atomic mass is 9.77. The first-order chi connectivity index (χ1) is 31.5. The average Bonchev–Trinajstić information content (AvgIpc) is 3.34. The first kappa shape index (κ1) is 45.4. The van der Waals surface area contributed by atoms with Gasteiger partial charge in [0.15, 0.2) is 0 Å². The summed E-state index contributed by atoms with van der Waals surface area (Å²) in [6, 6.07) is 40.2. The van der Waals surface area contributed by atoms with Crippen molar-refractivity contribution < 1.29 is 19.1 Å². The van der Waals surface area contributed by atoms with Crippen molar-refractivity contribution in [3.63, 3.8) is 0 Å². The number of carbonyl (C=O) groups excluding carboxylic acids is 2. The molecule has 0 spiro atoms. The van der Waals surface area contributed by atoms with Crippen LogP contribution >= 0.6 is 0 Å². The van der Waals surface area contributed by atoms with Crippen LogP contribution in [0.25, 0.3) is 32.7 Å². The van der Waals surface area contributed by atoms with E-state index in [-0.39, 0.29) is 0 Å². The third-order valence-electron chi connectivity index (χ3n) is 14.8. The molecule has 0 heterocycles. The molecule has 0 amide bonds. The smallest absolute Gasteiger partial charge is 0.343 e. The van der Waals surface area contributed by atoms with Crippen molar-refractivity contribution in [3.8, 4) is 22.6 Å². The highest BCUT2D eigenvalue weighted by atomic mass is 16.5. The highest BCUT2D eigenvalue weighted by Gasteiger charge is 2.26. The molecular formula is C60H70O4. The van der Waals surface area contributed by atoms with Gasteiger partial charge in [-0.3, -0.25) is 0 Å². The normalized spacial score (nSPS) is 18.8. The Balaban J connectivity index is 0.984. The predicted molar refractivity (Wildman–Crippen MR) is 266 cm³/mol. The average molecular weight is 855 g/mol. The van der Waals surface area contributed by atoms with Gasteiger partial charge >= 0.3 is 11.9 Å². The van der Waals surface area contributed by atoms with Gasteiger partial charge in [0.2, 0.25) is 0 Å². The van der Waals surface area contributed by atoms with Crippen LogP contribution in [0.1, 0.15) is 186 Å². The molecule has 334 valence electrons. The van der Waals surface area contributed by atoms with E-state index in [0.717, 1.165) is 44.5 Å². The molecule has 2 aliphatic rings. The molecule has 0 unspecified atom stereocenters. The maximum atomic E-state index is 14.1. The molecule has 64 heavy (non-hydrogen) atoms. The van der Waals surface area contributed by atoms with Gasteiger partial charge in [-0.15, -0.1) is 0 Å². The van der Waals surface area contributed by atoms with E-state index in [2.05, 4.69) is 50.2 Å². The fraction of sp³-hybridized carbons (Fsp3) is 0.433. The van der Waals surface area contributed by atoms with Crippen LogP contribution in [0.5, 0.6) is 11.5 Å². The molecule has 0 aromatic heterocycles. The number of ether oxygens (including phenoxy) is 2. The summed E-state index contributed by atoms with van der Waals surface area (Å²) in [4.78, 5) is 28.1. The number of esters is 2. The zero-order valence-electron chi connectivity index (χ0n) is 38.6. The molecule has 0 aliphatic heterocycles. The lowest BCUT2D eigenvalue weighted by Crippen LogP contribution is -2.14. The van der Waals surface area contributed by atoms with Gasteiger partial charge in [-0.05, 0) is 144 Å². The number of rotatable bonds is 19. The van der Waals surface area contributed by atoms with Gasteiger partial charge in [-0.2, -0.15) is 0 Å². The van der Waals surface area contributed by atoms with Crippen LogP contribution in [0.2, 0.25) is 0 Å². The molecule has 8 rings (SSSR count). The third-order valence-corrected chi connectivity index (χ3v) is 14.8. The maximum absolute atomic E-state index is 14.1. The van der Waals surface area contributed by atoms with E-state index in [4.69, 9.17) is 9.47 Å². The van der Waals surface area contributed by atoms with E-state index in [0.29, 0.717) is 34.5 Å². The second kappa shape index (κ2) is 22.6. The van der Waals surface area contributed by atoms with E-state index in [1.165, 1.54) is 140 Å². The predicted octanol–water partition coefficient (Wildman–Crippen LogP) is 17.4. The van der Waals surface area contributed by atoms with Crippen LogP contribution in [-0.2, 0) is 0 Å². The SMILES string of the molecule is CCCCCCC[C@H]1CC[C@H](c2ccc(C(=O)Oc3ccc4ccccc4c3-c3c(OC(=O)c4ccc([C@H]5CC[C@H](CCCCCCC)CC5)cc4)ccc4ccccc34)cc2)CC1. The highest BCUT2D eigenvalue weighted by molar-refractivity contribution is 6.11. The molecule has 4 nitrogen and oxygen atoms in total. The van der Waals surface area contributed by atoms with Crippen LogP contribution in [0.4, 0.5) is 0 Å². The molecule has 6 aromatic rings. The molecule has 6 aromatic carbocycles. The van der Waals surface area contributed by atoms with Crippen molar-refractivity contribution in [1.82, 2.24) is 0 Å². The van der Waals surface area contributed by atoms with Gasteiger partial charge < -0.3 is 9.47 Å². The monoisotopic (exact) mass is 855 g/mol. The van der Waals surface area contributed by atoms with Gasteiger partial charge in [-0.1, -0.05) is 176 Å². The van der Waals surface area contributed by atoms with E-state index >= 15 is 0 Å². The highest BCUT2D eigenvalue weighted by Crippen LogP contribution is 2.46. The van der Waals surface area contributed by atoms with E-state index < -0.39 is 11.9 Å². The molecule has 0 saturated heterocycles. The minimum Gasteiger partial charge on any atom is -0.422 e. The van der Waals surface area contributed by atoms with Gasteiger partial charge in [-0.25, -0.2) is 9.59 Å². The Kier molecular flexibility index (Phi) is 16.0. The molecule has 0 atom stereocenters. The Labute approximate surface area is 383 Å². The summed E-state index contributed by atoms with van der Waals surface area (Å²) >= 11 is 0. The Morgan fingerprint density at radius 2 is 0.797 bits per heavy atom. The van der Waals surface area contributed by atoms with Crippen molar-refractivity contribution in [2.75, 3.05) is 0 Å². The topological polar surface area (TPSA) is 52.6 Å². The minimum absolute atomic E-state index is 0.412. The first-order valence-electron chi connectivity index (χ1n) is 25.2. The zero-order valence-corrected chi connectivity index (χ0v) is 38.6. The van der Waals surface area contributed by atoms with Gasteiger partial charge in [0, 0.05) is 11.1 Å². The summed E-state index contributed by atoms with van der Waals surface area (Å²) < 4.78 is 12.8. The fourth-order valence-corrected chi connectivity index (χ4v) is 10.9. The van der Waals surface area contributed by atoms with Crippen LogP contribution < -0.4 is 9.47 Å². The summed E-state index contributed by atoms with van der Waals surface area (Å²) in [6.45, 7) is 4.56. The van der Waals surface area contributed by atoms with Crippen LogP contribution in [0.15, 0.2) is 121 Å². The summed E-state index contributed by atoms with van der Waals surface area (Å²) in [5.41, 5.74) is 5.10. The van der Waals surface area contributed by atoms with Crippen molar-refractivity contribution >= 4 is 33.5 Å². The lowest BCUT2D eigenvalue weighted by molar-refractivity contribution is 0.0723. The Hall–Kier alpha value is -5.22. The quantitative estimate of drug-likeness (QED) is 0.0463. The van der Waals surface area contributed by atoms with Crippen molar-refractivity contribution in [3.05, 3.63) is 144 Å². The van der Waals surface area contributed by atoms with Gasteiger partial charge in [0.1, 0.15) is 11.5 Å². The summed E-state index contributed by atoms with van der Waals surface area (Å²) in [6.07, 6.45) is 26.3. The molecule has 2 fully saturated rings. The maximum Gasteiger partial charge on any atom is 0.343 e. The molecule has 0 bridgehead atoms. The Morgan fingerprint density at radius 1 is 0.422 bits per heavy atom. The van der Waals surface area contributed by atoms with Crippen LogP contribution in [0, 0.1) is 11.8 Å². The number of fused-ring (bicyclic) bond motifs is 2. The summed E-state index contributed by atoms with van der Waals surface area (Å²) in [5.74, 6) is 2.81. The lowest BCUT2D eigenvalue weighted by Gasteiger charge is -2.29. The fourth-order valence-electron chi connectivity index (χ4n) is 10.9. The van der Waals surface area contributed by atoms with Crippen molar-refractivity contribution in [1.29, 1.82) is 0 Å². The number of hydrogen-bond acceptors (Lipinski definition) is 4. The molecule has 0 N–H and O–H groups in total. The Bertz CT molecular complexity index is 2260. The van der Waals surface area contributed by atoms with E-state index in [1.807, 2.05) is 84.9 Å².